The molecule has 0 saturated heterocycles. The second-order valence-corrected chi connectivity index (χ2v) is 7.43. The quantitative estimate of drug-likeness (QED) is 0.744. The predicted molar refractivity (Wildman–Crippen MR) is 112 cm³/mol. The molecule has 0 aliphatic heterocycles. The number of nitrogens with one attached hydrogen (secondary N) is 2. The third-order valence-electron chi connectivity index (χ3n) is 3.99. The van der Waals surface area contributed by atoms with Gasteiger partial charge in [0.2, 0.25) is 11.8 Å². The van der Waals surface area contributed by atoms with Gasteiger partial charge in [-0.2, -0.15) is 0 Å². The molecular formula is C20H23Cl2N3O2. The average molecular weight is 408 g/mol. The first-order valence-electron chi connectivity index (χ1n) is 8.47. The van der Waals surface area contributed by atoms with Crippen LogP contribution < -0.4 is 10.6 Å². The Morgan fingerprint density at radius 3 is 2.11 bits per heavy atom. The number of benzene rings is 2. The third-order valence-corrected chi connectivity index (χ3v) is 4.81. The van der Waals surface area contributed by atoms with E-state index in [1.807, 2.05) is 32.9 Å². The Labute approximate surface area is 169 Å². The largest absolute Gasteiger partial charge is 0.324 e. The summed E-state index contributed by atoms with van der Waals surface area (Å²) in [5.41, 5.74) is 4.43. The first-order chi connectivity index (χ1) is 12.7. The van der Waals surface area contributed by atoms with E-state index in [9.17, 15) is 9.59 Å². The van der Waals surface area contributed by atoms with Crippen molar-refractivity contribution < 1.29 is 9.59 Å². The van der Waals surface area contributed by atoms with E-state index < -0.39 is 0 Å². The van der Waals surface area contributed by atoms with Gasteiger partial charge in [-0.15, -0.1) is 0 Å². The topological polar surface area (TPSA) is 61.4 Å². The Hall–Kier alpha value is -2.08. The lowest BCUT2D eigenvalue weighted by molar-refractivity contribution is -0.119. The minimum absolute atomic E-state index is 0.0438. The lowest BCUT2D eigenvalue weighted by Crippen LogP contribution is -2.36. The Morgan fingerprint density at radius 1 is 0.963 bits per heavy atom. The van der Waals surface area contributed by atoms with Crippen LogP contribution in [0.15, 0.2) is 30.3 Å². The zero-order chi connectivity index (χ0) is 20.1. The Morgan fingerprint density at radius 2 is 1.52 bits per heavy atom. The molecule has 0 saturated carbocycles. The van der Waals surface area contributed by atoms with Crippen LogP contribution in [0.3, 0.4) is 0 Å². The summed E-state index contributed by atoms with van der Waals surface area (Å²) in [6.07, 6.45) is 0. The fourth-order valence-electron chi connectivity index (χ4n) is 2.89. The molecule has 0 radical (unpaired) electrons. The first-order valence-corrected chi connectivity index (χ1v) is 9.23. The summed E-state index contributed by atoms with van der Waals surface area (Å²) >= 11 is 12.0. The Balaban J connectivity index is 1.91. The van der Waals surface area contributed by atoms with E-state index >= 15 is 0 Å². The van der Waals surface area contributed by atoms with Gasteiger partial charge in [-0.1, -0.05) is 47.0 Å². The van der Waals surface area contributed by atoms with E-state index in [2.05, 4.69) is 10.6 Å². The molecule has 0 aliphatic carbocycles. The van der Waals surface area contributed by atoms with E-state index in [4.69, 9.17) is 23.2 Å². The molecule has 0 fully saturated rings. The van der Waals surface area contributed by atoms with Crippen LogP contribution in [-0.2, 0) is 9.59 Å². The van der Waals surface area contributed by atoms with E-state index in [1.54, 1.807) is 30.1 Å². The van der Waals surface area contributed by atoms with Crippen LogP contribution in [-0.4, -0.2) is 36.9 Å². The molecule has 0 unspecified atom stereocenters. The highest BCUT2D eigenvalue weighted by atomic mass is 35.5. The van der Waals surface area contributed by atoms with Crippen LogP contribution in [0, 0.1) is 20.8 Å². The van der Waals surface area contributed by atoms with Gasteiger partial charge >= 0.3 is 0 Å². The van der Waals surface area contributed by atoms with E-state index in [0.29, 0.717) is 15.7 Å². The molecule has 2 N–H and O–H groups in total. The van der Waals surface area contributed by atoms with Crippen LogP contribution in [0.5, 0.6) is 0 Å². The average Bonchev–Trinajstić information content (AvgIpc) is 2.55. The molecule has 2 amide bonds. The zero-order valence-electron chi connectivity index (χ0n) is 15.8. The van der Waals surface area contributed by atoms with Crippen molar-refractivity contribution >= 4 is 46.4 Å². The molecule has 144 valence electrons. The van der Waals surface area contributed by atoms with Crippen molar-refractivity contribution in [2.75, 3.05) is 30.8 Å². The van der Waals surface area contributed by atoms with Crippen LogP contribution in [0.2, 0.25) is 10.0 Å². The fourth-order valence-corrected chi connectivity index (χ4v) is 3.24. The highest BCUT2D eigenvalue weighted by molar-refractivity contribution is 6.44. The van der Waals surface area contributed by atoms with Gasteiger partial charge in [0.1, 0.15) is 0 Å². The number of nitrogens with zero attached hydrogens (tertiary/aromatic N) is 1. The molecule has 2 rings (SSSR count). The summed E-state index contributed by atoms with van der Waals surface area (Å²) in [6.45, 7) is 6.07. The maximum atomic E-state index is 12.3. The molecule has 0 bridgehead atoms. The highest BCUT2D eigenvalue weighted by Gasteiger charge is 2.14. The minimum atomic E-state index is -0.280. The maximum Gasteiger partial charge on any atom is 0.238 e. The molecular weight excluding hydrogens is 385 g/mol. The standard InChI is InChI=1S/C20H23Cl2N3O2/c1-12-8-13(2)20(14(3)9-12)24-18(27)11-25(4)10-17(26)23-16-7-5-6-15(21)19(16)22/h5-9H,10-11H2,1-4H3,(H,23,26)(H,24,27). The van der Waals surface area contributed by atoms with Gasteiger partial charge in [-0.25, -0.2) is 0 Å². The first kappa shape index (κ1) is 21.2. The van der Waals surface area contributed by atoms with Crippen molar-refractivity contribution in [3.63, 3.8) is 0 Å². The van der Waals surface area contributed by atoms with Crippen molar-refractivity contribution in [2.24, 2.45) is 0 Å². The molecule has 2 aromatic carbocycles. The lowest BCUT2D eigenvalue weighted by atomic mass is 10.1. The summed E-state index contributed by atoms with van der Waals surface area (Å²) in [6, 6.07) is 9.06. The summed E-state index contributed by atoms with van der Waals surface area (Å²) < 4.78 is 0. The number of carbonyl (C=O) groups excluding carboxylic acids is 2. The summed E-state index contributed by atoms with van der Waals surface area (Å²) in [7, 11) is 1.70. The number of rotatable bonds is 6. The molecule has 0 heterocycles. The molecule has 2 aromatic rings. The minimum Gasteiger partial charge on any atom is -0.324 e. The third kappa shape index (κ3) is 5.96. The SMILES string of the molecule is Cc1cc(C)c(NC(=O)CN(C)CC(=O)Nc2cccc(Cl)c2Cl)c(C)c1. The van der Waals surface area contributed by atoms with E-state index in [-0.39, 0.29) is 24.9 Å². The van der Waals surface area contributed by atoms with Gasteiger partial charge in [0, 0.05) is 5.69 Å². The smallest absolute Gasteiger partial charge is 0.238 e. The van der Waals surface area contributed by atoms with Crippen molar-refractivity contribution in [1.82, 2.24) is 4.90 Å². The molecule has 0 aliphatic rings. The molecule has 27 heavy (non-hydrogen) atoms. The van der Waals surface area contributed by atoms with Crippen molar-refractivity contribution in [2.45, 2.75) is 20.8 Å². The predicted octanol–water partition coefficient (Wildman–Crippen LogP) is 4.43. The molecule has 7 heteroatoms. The number of amides is 2. The molecule has 0 atom stereocenters. The maximum absolute atomic E-state index is 12.3. The molecule has 0 aromatic heterocycles. The number of likely N-dealkylation sites (N-methyl/N-ethyl adjacent to an activating group) is 1. The number of halogens is 2. The highest BCUT2D eigenvalue weighted by Crippen LogP contribution is 2.29. The summed E-state index contributed by atoms with van der Waals surface area (Å²) in [5, 5.41) is 6.28. The van der Waals surface area contributed by atoms with Gasteiger partial charge in [0.25, 0.3) is 0 Å². The number of hydrogen-bond donors (Lipinski definition) is 2. The summed E-state index contributed by atoms with van der Waals surface area (Å²) in [4.78, 5) is 26.1. The van der Waals surface area contributed by atoms with Crippen molar-refractivity contribution in [3.8, 4) is 0 Å². The zero-order valence-corrected chi connectivity index (χ0v) is 17.3. The van der Waals surface area contributed by atoms with E-state index in [0.717, 1.165) is 22.4 Å². The van der Waals surface area contributed by atoms with Crippen LogP contribution in [0.4, 0.5) is 11.4 Å². The second-order valence-electron chi connectivity index (χ2n) is 6.64. The Bertz CT molecular complexity index is 845. The van der Waals surface area contributed by atoms with Crippen molar-refractivity contribution in [1.29, 1.82) is 0 Å². The van der Waals surface area contributed by atoms with Crippen LogP contribution in [0.1, 0.15) is 16.7 Å². The van der Waals surface area contributed by atoms with Crippen LogP contribution in [0.25, 0.3) is 0 Å². The van der Waals surface area contributed by atoms with Gasteiger partial charge in [0.15, 0.2) is 0 Å². The monoisotopic (exact) mass is 407 g/mol. The fraction of sp³-hybridized carbons (Fsp3) is 0.300. The van der Waals surface area contributed by atoms with Gasteiger partial charge in [0.05, 0.1) is 28.8 Å². The number of carbonyl (C=O) groups is 2. The second kappa shape index (κ2) is 9.22. The normalized spacial score (nSPS) is 10.8. The number of anilines is 2. The number of hydrogen-bond acceptors (Lipinski definition) is 3. The van der Waals surface area contributed by atoms with Crippen LogP contribution >= 0.6 is 23.2 Å². The van der Waals surface area contributed by atoms with Gasteiger partial charge in [-0.3, -0.25) is 14.5 Å². The molecule has 5 nitrogen and oxygen atoms in total. The lowest BCUT2D eigenvalue weighted by Gasteiger charge is -2.18. The number of aryl methyl sites for hydroxylation is 3. The van der Waals surface area contributed by atoms with E-state index in [1.165, 1.54) is 0 Å². The summed E-state index contributed by atoms with van der Waals surface area (Å²) in [5.74, 6) is -0.460. The molecule has 0 spiro atoms. The van der Waals surface area contributed by atoms with Crippen molar-refractivity contribution in [3.05, 3.63) is 57.1 Å². The Kier molecular flexibility index (Phi) is 7.25. The van der Waals surface area contributed by atoms with Gasteiger partial charge in [-0.05, 0) is 51.1 Å². The van der Waals surface area contributed by atoms with Gasteiger partial charge < -0.3 is 10.6 Å².